The summed E-state index contributed by atoms with van der Waals surface area (Å²) in [4.78, 5) is 38.5. The summed E-state index contributed by atoms with van der Waals surface area (Å²) < 4.78 is 1.72. The number of primary amides is 1. The normalized spacial score (nSPS) is 18.7. The zero-order chi connectivity index (χ0) is 22.4. The van der Waals surface area contributed by atoms with E-state index in [0.29, 0.717) is 24.6 Å². The Kier molecular flexibility index (Phi) is 5.28. The third-order valence-corrected chi connectivity index (χ3v) is 7.23. The number of piperidine rings is 1. The summed E-state index contributed by atoms with van der Waals surface area (Å²) in [6, 6.07) is 4.04. The van der Waals surface area contributed by atoms with Crippen molar-refractivity contribution in [3.05, 3.63) is 45.5 Å². The number of amides is 2. The summed E-state index contributed by atoms with van der Waals surface area (Å²) in [6.07, 6.45) is 6.90. The van der Waals surface area contributed by atoms with Crippen molar-refractivity contribution in [2.24, 2.45) is 11.7 Å². The molecule has 4 heterocycles. The lowest BCUT2D eigenvalue weighted by Gasteiger charge is -2.31. The molecule has 2 fully saturated rings. The first kappa shape index (κ1) is 20.8. The Balaban J connectivity index is 1.49. The summed E-state index contributed by atoms with van der Waals surface area (Å²) in [5.74, 6) is 0.0182. The molecule has 5 rings (SSSR count). The van der Waals surface area contributed by atoms with E-state index in [4.69, 9.17) is 10.7 Å². The van der Waals surface area contributed by atoms with Crippen molar-refractivity contribution < 1.29 is 9.59 Å². The highest BCUT2D eigenvalue weighted by Crippen LogP contribution is 2.42. The maximum atomic E-state index is 13.4. The molecule has 2 N–H and O–H groups in total. The predicted molar refractivity (Wildman–Crippen MR) is 122 cm³/mol. The molecule has 32 heavy (non-hydrogen) atoms. The maximum Gasteiger partial charge on any atom is 0.257 e. The van der Waals surface area contributed by atoms with Gasteiger partial charge in [-0.1, -0.05) is 0 Å². The first-order chi connectivity index (χ1) is 15.4. The molecule has 3 aromatic heterocycles. The minimum absolute atomic E-state index is 0.0930. The van der Waals surface area contributed by atoms with Crippen LogP contribution in [0.3, 0.4) is 0 Å². The summed E-state index contributed by atoms with van der Waals surface area (Å²) in [7, 11) is 0. The van der Waals surface area contributed by atoms with Gasteiger partial charge in [-0.15, -0.1) is 11.3 Å². The van der Waals surface area contributed by atoms with E-state index in [1.807, 2.05) is 6.07 Å². The molecular formula is C23H26N6O2S. The molecule has 0 aromatic carbocycles. The van der Waals surface area contributed by atoms with Crippen molar-refractivity contribution in [2.45, 2.75) is 45.4 Å². The molecule has 1 aliphatic heterocycles. The van der Waals surface area contributed by atoms with Gasteiger partial charge in [-0.3, -0.25) is 9.59 Å². The van der Waals surface area contributed by atoms with Crippen LogP contribution in [0.5, 0.6) is 0 Å². The Labute approximate surface area is 190 Å². The van der Waals surface area contributed by atoms with Gasteiger partial charge in [0.05, 0.1) is 29.1 Å². The highest BCUT2D eigenvalue weighted by Gasteiger charge is 2.36. The van der Waals surface area contributed by atoms with Gasteiger partial charge in [-0.25, -0.2) is 14.6 Å². The van der Waals surface area contributed by atoms with E-state index in [9.17, 15) is 9.59 Å². The van der Waals surface area contributed by atoms with Gasteiger partial charge in [0.25, 0.3) is 11.9 Å². The SMILES string of the molecule is Cc1cc(-c2ccnc(-n3ncc(C(=O)N4CCCC(C(N)=O)C4)c3C3CC3)n2)c(C)s1. The van der Waals surface area contributed by atoms with Crippen LogP contribution in [0.25, 0.3) is 17.2 Å². The Bertz CT molecular complexity index is 1200. The number of thiophene rings is 1. The van der Waals surface area contributed by atoms with Crippen molar-refractivity contribution in [2.75, 3.05) is 13.1 Å². The highest BCUT2D eigenvalue weighted by molar-refractivity contribution is 7.12. The van der Waals surface area contributed by atoms with Crippen LogP contribution in [0, 0.1) is 19.8 Å². The van der Waals surface area contributed by atoms with Crippen LogP contribution in [0.2, 0.25) is 0 Å². The fourth-order valence-electron chi connectivity index (χ4n) is 4.48. The lowest BCUT2D eigenvalue weighted by atomic mass is 9.97. The zero-order valence-electron chi connectivity index (χ0n) is 18.2. The molecule has 0 radical (unpaired) electrons. The predicted octanol–water partition coefficient (Wildman–Crippen LogP) is 3.22. The minimum atomic E-state index is -0.343. The van der Waals surface area contributed by atoms with E-state index in [1.54, 1.807) is 33.3 Å². The number of carbonyl (C=O) groups is 2. The first-order valence-corrected chi connectivity index (χ1v) is 11.8. The largest absolute Gasteiger partial charge is 0.369 e. The van der Waals surface area contributed by atoms with E-state index in [-0.39, 0.29) is 23.7 Å². The molecular weight excluding hydrogens is 424 g/mol. The molecule has 0 bridgehead atoms. The second-order valence-corrected chi connectivity index (χ2v) is 10.2. The third-order valence-electron chi connectivity index (χ3n) is 6.26. The molecule has 0 spiro atoms. The number of aryl methyl sites for hydroxylation is 2. The van der Waals surface area contributed by atoms with Crippen molar-refractivity contribution in [3.8, 4) is 17.2 Å². The molecule has 166 valence electrons. The van der Waals surface area contributed by atoms with Crippen LogP contribution in [-0.2, 0) is 4.79 Å². The smallest absolute Gasteiger partial charge is 0.257 e. The average Bonchev–Trinajstić information content (AvgIpc) is 3.44. The Morgan fingerprint density at radius 1 is 1.22 bits per heavy atom. The Morgan fingerprint density at radius 2 is 2.03 bits per heavy atom. The van der Waals surface area contributed by atoms with E-state index < -0.39 is 0 Å². The van der Waals surface area contributed by atoms with E-state index in [1.165, 1.54) is 9.75 Å². The second-order valence-electron chi connectivity index (χ2n) is 8.69. The van der Waals surface area contributed by atoms with Crippen LogP contribution < -0.4 is 5.73 Å². The summed E-state index contributed by atoms with van der Waals surface area (Å²) in [5.41, 5.74) is 8.89. The molecule has 3 aromatic rings. The van der Waals surface area contributed by atoms with Crippen molar-refractivity contribution >= 4 is 23.2 Å². The Morgan fingerprint density at radius 3 is 2.72 bits per heavy atom. The number of hydrogen-bond donors (Lipinski definition) is 1. The van der Waals surface area contributed by atoms with Crippen molar-refractivity contribution in [3.63, 3.8) is 0 Å². The number of carbonyl (C=O) groups excluding carboxylic acids is 2. The summed E-state index contributed by atoms with van der Waals surface area (Å²) in [6.45, 7) is 5.17. The molecule has 2 aliphatic rings. The second kappa shape index (κ2) is 8.12. The van der Waals surface area contributed by atoms with Crippen molar-refractivity contribution in [1.29, 1.82) is 0 Å². The number of nitrogens with two attached hydrogens (primary N) is 1. The first-order valence-electron chi connectivity index (χ1n) is 11.0. The van der Waals surface area contributed by atoms with Gasteiger partial charge in [-0.2, -0.15) is 5.10 Å². The Hall–Kier alpha value is -3.07. The van der Waals surface area contributed by atoms with Crippen LogP contribution in [-0.4, -0.2) is 49.6 Å². The van der Waals surface area contributed by atoms with Crippen LogP contribution >= 0.6 is 11.3 Å². The molecule has 1 saturated carbocycles. The number of nitrogens with zero attached hydrogens (tertiary/aromatic N) is 5. The molecule has 8 nitrogen and oxygen atoms in total. The topological polar surface area (TPSA) is 107 Å². The van der Waals surface area contributed by atoms with Crippen molar-refractivity contribution in [1.82, 2.24) is 24.6 Å². The van der Waals surface area contributed by atoms with E-state index >= 15 is 0 Å². The van der Waals surface area contributed by atoms with Gasteiger partial charge in [0.15, 0.2) is 0 Å². The lowest BCUT2D eigenvalue weighted by Crippen LogP contribution is -2.44. The summed E-state index contributed by atoms with van der Waals surface area (Å²) in [5, 5.41) is 4.54. The van der Waals surface area contributed by atoms with Crippen LogP contribution in [0.1, 0.15) is 57.4 Å². The van der Waals surface area contributed by atoms with Gasteiger partial charge < -0.3 is 10.6 Å². The molecule has 2 amide bonds. The average molecular weight is 451 g/mol. The molecule has 9 heteroatoms. The van der Waals surface area contributed by atoms with E-state index in [0.717, 1.165) is 42.6 Å². The molecule has 1 unspecified atom stereocenters. The minimum Gasteiger partial charge on any atom is -0.369 e. The molecule has 1 saturated heterocycles. The lowest BCUT2D eigenvalue weighted by molar-refractivity contribution is -0.123. The molecule has 1 atom stereocenters. The number of rotatable bonds is 5. The van der Waals surface area contributed by atoms with Gasteiger partial charge in [0.1, 0.15) is 0 Å². The standard InChI is InChI=1S/C23H26N6O2S/c1-13-10-17(14(2)32-13)19-7-8-25-23(27-19)29-20(15-5-6-15)18(11-26-29)22(31)28-9-3-4-16(12-28)21(24)30/h7-8,10-11,15-16H,3-6,9,12H2,1-2H3,(H2,24,30). The zero-order valence-corrected chi connectivity index (χ0v) is 19.1. The number of hydrogen-bond acceptors (Lipinski definition) is 6. The summed E-state index contributed by atoms with van der Waals surface area (Å²) >= 11 is 1.74. The maximum absolute atomic E-state index is 13.4. The van der Waals surface area contributed by atoms with Gasteiger partial charge >= 0.3 is 0 Å². The van der Waals surface area contributed by atoms with Gasteiger partial charge in [0, 0.05) is 40.5 Å². The number of likely N-dealkylation sites (tertiary alicyclic amines) is 1. The highest BCUT2D eigenvalue weighted by atomic mass is 32.1. The third kappa shape index (κ3) is 3.81. The van der Waals surface area contributed by atoms with Crippen LogP contribution in [0.15, 0.2) is 24.5 Å². The van der Waals surface area contributed by atoms with Gasteiger partial charge in [0.2, 0.25) is 5.91 Å². The fourth-order valence-corrected chi connectivity index (χ4v) is 5.41. The molecule has 1 aliphatic carbocycles. The monoisotopic (exact) mass is 450 g/mol. The van der Waals surface area contributed by atoms with Gasteiger partial charge in [-0.05, 0) is 51.7 Å². The van der Waals surface area contributed by atoms with E-state index in [2.05, 4.69) is 30.0 Å². The quantitative estimate of drug-likeness (QED) is 0.642. The number of aromatic nitrogens is 4. The fraction of sp³-hybridized carbons (Fsp3) is 0.435. The van der Waals surface area contributed by atoms with Crippen LogP contribution in [0.4, 0.5) is 0 Å².